The molecule has 9 aromatic rings. The smallest absolute Gasteiger partial charge is 0.230 e. The number of para-hydroxylation sites is 2. The van der Waals surface area contributed by atoms with Crippen LogP contribution in [0.5, 0.6) is 0 Å². The molecule has 0 N–H and O–H groups in total. The van der Waals surface area contributed by atoms with Crippen molar-refractivity contribution in [3.63, 3.8) is 0 Å². The van der Waals surface area contributed by atoms with Crippen molar-refractivity contribution in [2.24, 2.45) is 5.41 Å². The van der Waals surface area contributed by atoms with Crippen molar-refractivity contribution < 1.29 is 0 Å². The monoisotopic (exact) mass is 866 g/mol. The molecule has 5 aliphatic rings. The molecule has 7 aromatic carbocycles. The van der Waals surface area contributed by atoms with Crippen LogP contribution in [0.15, 0.2) is 121 Å². The first-order chi connectivity index (χ1) is 32.4. The topological polar surface area (TPSA) is 38.0 Å². The van der Waals surface area contributed by atoms with Crippen molar-refractivity contribution in [2.45, 2.75) is 115 Å². The summed E-state index contributed by atoms with van der Waals surface area (Å²) in [4.78, 5) is 4.67. The molecule has 2 spiro atoms. The molecule has 14 rings (SSSR count). The number of benzene rings is 7. The average Bonchev–Trinajstić information content (AvgIpc) is 4.22. The van der Waals surface area contributed by atoms with Crippen LogP contribution in [0.4, 0.5) is 5.69 Å². The van der Waals surface area contributed by atoms with E-state index in [0.717, 1.165) is 48.1 Å². The maximum Gasteiger partial charge on any atom is 0.230 e. The summed E-state index contributed by atoms with van der Waals surface area (Å²) in [6.45, 7) is 24.1. The van der Waals surface area contributed by atoms with Gasteiger partial charge in [0, 0.05) is 32.4 Å². The zero-order valence-electron chi connectivity index (χ0n) is 39.5. The zero-order chi connectivity index (χ0) is 45.6. The van der Waals surface area contributed by atoms with Gasteiger partial charge in [0.2, 0.25) is 5.69 Å². The molecule has 0 bridgehead atoms. The van der Waals surface area contributed by atoms with Crippen molar-refractivity contribution in [3.8, 4) is 39.7 Å². The lowest BCUT2D eigenvalue weighted by atomic mass is 9.59. The Bertz CT molecular complexity index is 3570. The molecule has 2 heterocycles. The van der Waals surface area contributed by atoms with Gasteiger partial charge < -0.3 is 9.13 Å². The maximum absolute atomic E-state index is 12.1. The van der Waals surface area contributed by atoms with Crippen LogP contribution in [-0.2, 0) is 21.7 Å². The van der Waals surface area contributed by atoms with E-state index in [2.05, 4.69) is 183 Å². The fourth-order valence-electron chi connectivity index (χ4n) is 15.5. The van der Waals surface area contributed by atoms with Gasteiger partial charge in [0.25, 0.3) is 0 Å². The molecular weight excluding hydrogens is 813 g/mol. The second-order valence-electron chi connectivity index (χ2n) is 22.4. The predicted octanol–water partition coefficient (Wildman–Crippen LogP) is 16.6. The van der Waals surface area contributed by atoms with Gasteiger partial charge in [0.05, 0.1) is 51.6 Å². The third-order valence-electron chi connectivity index (χ3n) is 19.5. The van der Waals surface area contributed by atoms with Crippen LogP contribution in [0, 0.1) is 23.3 Å². The number of hydrogen-bond donors (Lipinski definition) is 0. The van der Waals surface area contributed by atoms with Crippen LogP contribution < -0.4 is 0 Å². The van der Waals surface area contributed by atoms with E-state index < -0.39 is 10.8 Å². The van der Waals surface area contributed by atoms with E-state index >= 15 is 0 Å². The van der Waals surface area contributed by atoms with Crippen molar-refractivity contribution >= 4 is 49.3 Å². The van der Waals surface area contributed by atoms with Gasteiger partial charge in [0.1, 0.15) is 0 Å². The van der Waals surface area contributed by atoms with E-state index in [1.165, 1.54) is 114 Å². The molecule has 67 heavy (non-hydrogen) atoms. The summed E-state index contributed by atoms with van der Waals surface area (Å²) in [5.41, 5.74) is 19.3. The molecular formula is C63H54N4. The van der Waals surface area contributed by atoms with Crippen LogP contribution in [0.25, 0.3) is 82.1 Å². The lowest BCUT2D eigenvalue weighted by Gasteiger charge is -2.45. The molecule has 0 amide bonds. The summed E-state index contributed by atoms with van der Waals surface area (Å²) in [5.74, 6) is 0. The minimum absolute atomic E-state index is 0.123. The van der Waals surface area contributed by atoms with Crippen LogP contribution in [0.2, 0.25) is 0 Å². The number of hydrogen-bond acceptors (Lipinski definition) is 1. The van der Waals surface area contributed by atoms with Crippen LogP contribution >= 0.6 is 0 Å². The Morgan fingerprint density at radius 1 is 0.478 bits per heavy atom. The summed E-state index contributed by atoms with van der Waals surface area (Å²) in [6.07, 6.45) is 9.14. The van der Waals surface area contributed by atoms with Crippen LogP contribution in [0.3, 0.4) is 0 Å². The highest BCUT2D eigenvalue weighted by atomic mass is 15.1. The van der Waals surface area contributed by atoms with E-state index in [4.69, 9.17) is 0 Å². The first-order valence-corrected chi connectivity index (χ1v) is 24.8. The number of nitrogens with zero attached hydrogens (tertiary/aromatic N) is 4. The number of rotatable bonds is 2. The number of fused-ring (bicyclic) bond motifs is 19. The van der Waals surface area contributed by atoms with E-state index in [1.807, 2.05) is 0 Å². The Morgan fingerprint density at radius 3 is 1.36 bits per heavy atom. The van der Waals surface area contributed by atoms with Gasteiger partial charge in [-0.25, -0.2) is 4.85 Å². The molecule has 0 radical (unpaired) electrons. The second kappa shape index (κ2) is 12.8. The predicted molar refractivity (Wildman–Crippen MR) is 275 cm³/mol. The Balaban J connectivity index is 1.21. The van der Waals surface area contributed by atoms with E-state index in [9.17, 15) is 11.8 Å². The molecule has 0 unspecified atom stereocenters. The van der Waals surface area contributed by atoms with Crippen molar-refractivity contribution in [3.05, 3.63) is 172 Å². The highest BCUT2D eigenvalue weighted by Gasteiger charge is 2.61. The summed E-state index contributed by atoms with van der Waals surface area (Å²) in [6, 6.07) is 48.3. The Labute approximate surface area is 393 Å². The van der Waals surface area contributed by atoms with Gasteiger partial charge in [-0.2, -0.15) is 5.26 Å². The molecule has 0 aliphatic heterocycles. The Kier molecular flexibility index (Phi) is 7.48. The summed E-state index contributed by atoms with van der Waals surface area (Å²) >= 11 is 0. The third-order valence-corrected chi connectivity index (χ3v) is 19.5. The molecule has 4 heteroatoms. The van der Waals surface area contributed by atoms with Crippen molar-refractivity contribution in [1.29, 1.82) is 5.26 Å². The fourth-order valence-corrected chi connectivity index (χ4v) is 15.5. The van der Waals surface area contributed by atoms with Gasteiger partial charge in [-0.3, -0.25) is 0 Å². The van der Waals surface area contributed by atoms with Crippen molar-refractivity contribution in [2.75, 3.05) is 0 Å². The van der Waals surface area contributed by atoms with Gasteiger partial charge in [-0.1, -0.05) is 176 Å². The third kappa shape index (κ3) is 4.33. The lowest BCUT2D eigenvalue weighted by Crippen LogP contribution is -2.42. The minimum Gasteiger partial charge on any atom is -0.318 e. The highest BCUT2D eigenvalue weighted by Crippen LogP contribution is 2.68. The van der Waals surface area contributed by atoms with Crippen molar-refractivity contribution in [1.82, 2.24) is 9.13 Å². The summed E-state index contributed by atoms with van der Waals surface area (Å²) in [5, 5.41) is 17.0. The first-order valence-electron chi connectivity index (χ1n) is 24.8. The number of nitriles is 1. The largest absolute Gasteiger partial charge is 0.318 e. The molecule has 5 aliphatic carbocycles. The molecule has 326 valence electrons. The van der Waals surface area contributed by atoms with E-state index in [0.29, 0.717) is 11.3 Å². The van der Waals surface area contributed by atoms with Crippen LogP contribution in [0.1, 0.15) is 132 Å². The first kappa shape index (κ1) is 39.3. The zero-order valence-corrected chi connectivity index (χ0v) is 39.5. The normalized spacial score (nSPS) is 19.3. The van der Waals surface area contributed by atoms with E-state index in [-0.39, 0.29) is 16.2 Å². The maximum atomic E-state index is 12.1. The molecule has 2 saturated carbocycles. The van der Waals surface area contributed by atoms with Gasteiger partial charge in [-0.15, -0.1) is 0 Å². The molecule has 4 nitrogen and oxygen atoms in total. The molecule has 0 atom stereocenters. The fraction of sp³-hybridized carbons (Fsp3) is 0.302. The van der Waals surface area contributed by atoms with E-state index in [1.54, 1.807) is 0 Å². The second-order valence-corrected chi connectivity index (χ2v) is 22.4. The lowest BCUT2D eigenvalue weighted by molar-refractivity contribution is 0.125. The van der Waals surface area contributed by atoms with Crippen LogP contribution in [-0.4, -0.2) is 9.13 Å². The van der Waals surface area contributed by atoms with Gasteiger partial charge >= 0.3 is 0 Å². The molecule has 2 fully saturated rings. The standard InChI is InChI=1S/C63H54N4/c1-59(2)52-53(60(3,4)61(59,5)6)58(67-49-27-15-11-23-40(49)44-31-29-42-38-21-9-13-25-47(38)63(34-18-19-35-63)51(42)56(44)67)54(65-7)45(36-64)57(52)66-48-26-14-10-22-39(48)43-30-28-41-37-20-8-12-24-46(37)62(32-16-17-33-62)50(41)55(43)66/h8-15,20-31H,16-19,32-35H2,1-6H3. The summed E-state index contributed by atoms with van der Waals surface area (Å²) < 4.78 is 5.03. The quantitative estimate of drug-likeness (QED) is 0.160. The van der Waals surface area contributed by atoms with Gasteiger partial charge in [0.15, 0.2) is 0 Å². The Morgan fingerprint density at radius 2 is 0.896 bits per heavy atom. The highest BCUT2D eigenvalue weighted by molar-refractivity contribution is 6.16. The number of aromatic nitrogens is 2. The van der Waals surface area contributed by atoms with Gasteiger partial charge in [-0.05, 0) is 110 Å². The Hall–Kier alpha value is -6.88. The molecule has 2 aromatic heterocycles. The minimum atomic E-state index is -0.435. The summed E-state index contributed by atoms with van der Waals surface area (Å²) in [7, 11) is 0. The molecule has 0 saturated heterocycles. The SMILES string of the molecule is [C-]#[N+]c1c(C#N)c(-n2c3ccccc3c3ccc4c(c32)C2(CCCC2)c2ccccc2-4)c2c(c1-n1c3ccccc3c3ccc4c(c31)C1(CCCC1)c1ccccc1-4)C(C)(C)C(C)(C)C2(C)C. The average molecular weight is 867 g/mol.